The Morgan fingerprint density at radius 2 is 1.95 bits per heavy atom. The Hall–Kier alpha value is -3.96. The number of carbonyl (C=O) groups excluding carboxylic acids is 1. The number of benzene rings is 2. The molecule has 0 bridgehead atoms. The second-order valence-corrected chi connectivity index (χ2v) is 9.58. The van der Waals surface area contributed by atoms with Crippen LogP contribution in [0.1, 0.15) is 43.1 Å². The third kappa shape index (κ3) is 6.25. The van der Waals surface area contributed by atoms with Crippen LogP contribution in [0.3, 0.4) is 0 Å². The van der Waals surface area contributed by atoms with Crippen molar-refractivity contribution in [2.24, 2.45) is 0 Å². The molecule has 0 radical (unpaired) electrons. The molecule has 37 heavy (non-hydrogen) atoms. The summed E-state index contributed by atoms with van der Waals surface area (Å²) < 4.78 is 5.84. The van der Waals surface area contributed by atoms with Crippen molar-refractivity contribution in [2.75, 3.05) is 32.6 Å². The van der Waals surface area contributed by atoms with Crippen LogP contribution >= 0.6 is 0 Å². The maximum absolute atomic E-state index is 13.0. The van der Waals surface area contributed by atoms with Gasteiger partial charge in [-0.05, 0) is 70.3 Å². The van der Waals surface area contributed by atoms with Crippen molar-refractivity contribution in [3.05, 3.63) is 60.4 Å². The van der Waals surface area contributed by atoms with Crippen LogP contribution < -0.4 is 15.4 Å². The molecule has 1 heterocycles. The minimum absolute atomic E-state index is 0.163. The van der Waals surface area contributed by atoms with Crippen LogP contribution in [-0.2, 0) is 0 Å². The van der Waals surface area contributed by atoms with Gasteiger partial charge in [-0.15, -0.1) is 0 Å². The van der Waals surface area contributed by atoms with Crippen LogP contribution in [0.5, 0.6) is 5.75 Å². The molecular formula is C29H34N6O2. The van der Waals surface area contributed by atoms with E-state index in [9.17, 15) is 4.79 Å². The van der Waals surface area contributed by atoms with E-state index in [1.165, 1.54) is 0 Å². The van der Waals surface area contributed by atoms with Crippen molar-refractivity contribution in [3.63, 3.8) is 0 Å². The van der Waals surface area contributed by atoms with Crippen LogP contribution in [0.25, 0.3) is 22.2 Å². The van der Waals surface area contributed by atoms with Crippen LogP contribution in [0.2, 0.25) is 0 Å². The second kappa shape index (κ2) is 11.8. The predicted octanol–water partition coefficient (Wildman–Crippen LogP) is 4.79. The number of anilines is 1. The van der Waals surface area contributed by atoms with Gasteiger partial charge >= 0.3 is 0 Å². The highest BCUT2D eigenvalue weighted by molar-refractivity contribution is 5.99. The van der Waals surface area contributed by atoms with Crippen molar-refractivity contribution >= 4 is 22.4 Å². The minimum atomic E-state index is -0.172. The van der Waals surface area contributed by atoms with Crippen molar-refractivity contribution in [1.82, 2.24) is 20.2 Å². The molecule has 1 aromatic heterocycles. The number of nitrogens with zero attached hydrogens (tertiary/aromatic N) is 4. The minimum Gasteiger partial charge on any atom is -0.492 e. The molecule has 0 unspecified atom stereocenters. The summed E-state index contributed by atoms with van der Waals surface area (Å²) in [5.74, 6) is 0.990. The maximum atomic E-state index is 13.0. The topological polar surface area (TPSA) is 103 Å². The monoisotopic (exact) mass is 498 g/mol. The Morgan fingerprint density at radius 1 is 1.19 bits per heavy atom. The molecule has 2 N–H and O–H groups in total. The molecule has 0 saturated heterocycles. The molecule has 1 fully saturated rings. The zero-order valence-corrected chi connectivity index (χ0v) is 21.8. The van der Waals surface area contributed by atoms with E-state index >= 15 is 0 Å². The number of fused-ring (bicyclic) bond motifs is 1. The van der Waals surface area contributed by atoms with E-state index in [4.69, 9.17) is 10.00 Å². The van der Waals surface area contributed by atoms with Gasteiger partial charge in [0.15, 0.2) is 5.82 Å². The van der Waals surface area contributed by atoms with Crippen LogP contribution in [0, 0.1) is 11.3 Å². The number of aromatic nitrogens is 2. The molecule has 0 aliphatic heterocycles. The van der Waals surface area contributed by atoms with E-state index in [1.54, 1.807) is 12.3 Å². The average molecular weight is 499 g/mol. The summed E-state index contributed by atoms with van der Waals surface area (Å²) in [4.78, 5) is 24.3. The standard InChI is InChI=1S/C29H34N6O2/c1-5-37-26-13-8-20-6-7-21(16-24(20)27(26)32-18-19(2)17-30)28-31-15-14-25(34-28)29(36)33-22-9-11-23(12-10-22)35(3)4/h6-8,13-16,22-23,32H,2,5,9-12,18H2,1,3-4H3,(H,33,36)/t22-,23-. The maximum Gasteiger partial charge on any atom is 0.270 e. The summed E-state index contributed by atoms with van der Waals surface area (Å²) in [5, 5.41) is 17.5. The van der Waals surface area contributed by atoms with E-state index in [0.29, 0.717) is 42.0 Å². The van der Waals surface area contributed by atoms with Gasteiger partial charge in [-0.1, -0.05) is 24.8 Å². The molecule has 1 amide bonds. The lowest BCUT2D eigenvalue weighted by Gasteiger charge is -2.32. The van der Waals surface area contributed by atoms with Crippen molar-refractivity contribution < 1.29 is 9.53 Å². The fraction of sp³-hybridized carbons (Fsp3) is 0.379. The first kappa shape index (κ1) is 26.1. The zero-order valence-electron chi connectivity index (χ0n) is 21.8. The Balaban J connectivity index is 1.58. The molecule has 1 saturated carbocycles. The number of hydrogen-bond acceptors (Lipinski definition) is 7. The Morgan fingerprint density at radius 3 is 2.65 bits per heavy atom. The third-order valence-electron chi connectivity index (χ3n) is 6.83. The van der Waals surface area contributed by atoms with Gasteiger partial charge < -0.3 is 20.3 Å². The van der Waals surface area contributed by atoms with E-state index in [1.807, 2.05) is 37.3 Å². The van der Waals surface area contributed by atoms with E-state index in [-0.39, 0.29) is 11.9 Å². The van der Waals surface area contributed by atoms with Gasteiger partial charge in [0, 0.05) is 41.3 Å². The summed E-state index contributed by atoms with van der Waals surface area (Å²) in [6.07, 6.45) is 5.70. The summed E-state index contributed by atoms with van der Waals surface area (Å²) in [6, 6.07) is 14.3. The molecule has 0 atom stereocenters. The van der Waals surface area contributed by atoms with Gasteiger partial charge in [0.2, 0.25) is 0 Å². The lowest BCUT2D eigenvalue weighted by atomic mass is 9.90. The van der Waals surface area contributed by atoms with E-state index < -0.39 is 0 Å². The first-order valence-electron chi connectivity index (χ1n) is 12.7. The fourth-order valence-electron chi connectivity index (χ4n) is 4.75. The molecule has 8 nitrogen and oxygen atoms in total. The second-order valence-electron chi connectivity index (χ2n) is 9.58. The molecule has 4 rings (SSSR count). The predicted molar refractivity (Wildman–Crippen MR) is 147 cm³/mol. The highest BCUT2D eigenvalue weighted by atomic mass is 16.5. The molecule has 192 valence electrons. The summed E-state index contributed by atoms with van der Waals surface area (Å²) in [6.45, 7) is 6.51. The largest absolute Gasteiger partial charge is 0.492 e. The summed E-state index contributed by atoms with van der Waals surface area (Å²) >= 11 is 0. The highest BCUT2D eigenvalue weighted by Crippen LogP contribution is 2.35. The fourth-order valence-corrected chi connectivity index (χ4v) is 4.75. The van der Waals surface area contributed by atoms with Crippen molar-refractivity contribution in [3.8, 4) is 23.2 Å². The van der Waals surface area contributed by atoms with Crippen LogP contribution in [-0.4, -0.2) is 60.1 Å². The lowest BCUT2D eigenvalue weighted by molar-refractivity contribution is 0.0911. The number of carbonyl (C=O) groups is 1. The molecule has 3 aromatic rings. The Labute approximate surface area is 218 Å². The van der Waals surface area contributed by atoms with Crippen molar-refractivity contribution in [2.45, 2.75) is 44.7 Å². The van der Waals surface area contributed by atoms with Gasteiger partial charge in [-0.25, -0.2) is 9.97 Å². The summed E-state index contributed by atoms with van der Waals surface area (Å²) in [7, 11) is 4.22. The zero-order chi connectivity index (χ0) is 26.4. The van der Waals surface area contributed by atoms with Gasteiger partial charge in [0.1, 0.15) is 11.4 Å². The van der Waals surface area contributed by atoms with E-state index in [2.05, 4.69) is 52.2 Å². The molecule has 0 spiro atoms. The number of nitriles is 1. The smallest absolute Gasteiger partial charge is 0.270 e. The first-order chi connectivity index (χ1) is 17.9. The highest BCUT2D eigenvalue weighted by Gasteiger charge is 2.24. The molecule has 1 aliphatic rings. The number of hydrogen-bond donors (Lipinski definition) is 2. The average Bonchev–Trinajstić information content (AvgIpc) is 2.92. The van der Waals surface area contributed by atoms with Gasteiger partial charge in [0.25, 0.3) is 5.91 Å². The quantitative estimate of drug-likeness (QED) is 0.409. The molecule has 8 heteroatoms. The van der Waals surface area contributed by atoms with Crippen molar-refractivity contribution in [1.29, 1.82) is 5.26 Å². The Bertz CT molecular complexity index is 1320. The number of amides is 1. The molecule has 1 aliphatic carbocycles. The number of nitrogens with one attached hydrogen (secondary N) is 2. The lowest BCUT2D eigenvalue weighted by Crippen LogP contribution is -2.42. The first-order valence-corrected chi connectivity index (χ1v) is 12.7. The van der Waals surface area contributed by atoms with Crippen LogP contribution in [0.4, 0.5) is 5.69 Å². The van der Waals surface area contributed by atoms with E-state index in [0.717, 1.165) is 47.7 Å². The Kier molecular flexibility index (Phi) is 8.36. The SMILES string of the molecule is C=C(C#N)CNc1c(OCC)ccc2ccc(-c3nccc(C(=O)N[C@H]4CC[C@H](N(C)C)CC4)n3)cc12. The summed E-state index contributed by atoms with van der Waals surface area (Å²) in [5.41, 5.74) is 2.34. The normalized spacial score (nSPS) is 17.3. The molecular weight excluding hydrogens is 464 g/mol. The van der Waals surface area contributed by atoms with Gasteiger partial charge in [-0.3, -0.25) is 4.79 Å². The van der Waals surface area contributed by atoms with Gasteiger partial charge in [-0.2, -0.15) is 5.26 Å². The third-order valence-corrected chi connectivity index (χ3v) is 6.83. The van der Waals surface area contributed by atoms with Crippen LogP contribution in [0.15, 0.2) is 54.7 Å². The molecule has 2 aromatic carbocycles. The number of ether oxygens (including phenoxy) is 1. The van der Waals surface area contributed by atoms with Gasteiger partial charge in [0.05, 0.1) is 18.4 Å². The number of rotatable bonds is 9.